The van der Waals surface area contributed by atoms with Crippen LogP contribution in [0.1, 0.15) is 31.4 Å². The number of carboxylic acids is 1. The van der Waals surface area contributed by atoms with Crippen molar-refractivity contribution in [2.75, 3.05) is 13.7 Å². The van der Waals surface area contributed by atoms with Gasteiger partial charge in [-0.05, 0) is 49.1 Å². The van der Waals surface area contributed by atoms with Crippen LogP contribution < -0.4 is 10.1 Å². The van der Waals surface area contributed by atoms with Crippen molar-refractivity contribution in [1.29, 1.82) is 0 Å². The van der Waals surface area contributed by atoms with E-state index in [1.165, 1.54) is 0 Å². The molecule has 4 heteroatoms. The van der Waals surface area contributed by atoms with Gasteiger partial charge in [-0.1, -0.05) is 19.9 Å². The molecule has 0 radical (unpaired) electrons. The van der Waals surface area contributed by atoms with Gasteiger partial charge in [-0.3, -0.25) is 4.79 Å². The second kappa shape index (κ2) is 7.90. The topological polar surface area (TPSA) is 58.6 Å². The number of methoxy groups -OCH3 is 1. The van der Waals surface area contributed by atoms with Gasteiger partial charge < -0.3 is 15.2 Å². The molecule has 1 aromatic carbocycles. The van der Waals surface area contributed by atoms with Gasteiger partial charge in [0.15, 0.2) is 0 Å². The molecule has 1 aromatic rings. The second-order valence-corrected chi connectivity index (χ2v) is 5.59. The zero-order chi connectivity index (χ0) is 15.1. The largest absolute Gasteiger partial charge is 0.497 e. The molecule has 0 bridgehead atoms. The third kappa shape index (κ3) is 5.61. The van der Waals surface area contributed by atoms with Crippen molar-refractivity contribution >= 4 is 5.97 Å². The van der Waals surface area contributed by atoms with Crippen molar-refractivity contribution in [1.82, 2.24) is 5.32 Å². The Kier molecular flexibility index (Phi) is 6.52. The Morgan fingerprint density at radius 1 is 1.40 bits per heavy atom. The summed E-state index contributed by atoms with van der Waals surface area (Å²) in [5, 5.41) is 12.4. The maximum Gasteiger partial charge on any atom is 0.304 e. The monoisotopic (exact) mass is 279 g/mol. The molecule has 1 atom stereocenters. The Bertz CT molecular complexity index is 443. The van der Waals surface area contributed by atoms with Crippen LogP contribution in [0.5, 0.6) is 5.75 Å². The lowest BCUT2D eigenvalue weighted by Crippen LogP contribution is -2.36. The highest BCUT2D eigenvalue weighted by Gasteiger charge is 2.15. The minimum atomic E-state index is -0.766. The van der Waals surface area contributed by atoms with Crippen molar-refractivity contribution in [2.45, 2.75) is 39.7 Å². The van der Waals surface area contributed by atoms with E-state index in [-0.39, 0.29) is 12.5 Å². The van der Waals surface area contributed by atoms with Gasteiger partial charge in [-0.15, -0.1) is 0 Å². The Labute approximate surface area is 121 Å². The number of aliphatic carboxylic acids is 1. The van der Waals surface area contributed by atoms with Crippen LogP contribution in [0.15, 0.2) is 18.2 Å². The third-order valence-corrected chi connectivity index (χ3v) is 3.25. The fourth-order valence-electron chi connectivity index (χ4n) is 2.12. The quantitative estimate of drug-likeness (QED) is 0.768. The minimum Gasteiger partial charge on any atom is -0.497 e. The standard InChI is InChI=1S/C16H25NO3/c1-11(2)10-17-14(9-16(18)19)8-13-5-6-15(20-4)7-12(13)3/h5-7,11,14,17H,8-10H2,1-4H3,(H,18,19). The van der Waals surface area contributed by atoms with Gasteiger partial charge in [0, 0.05) is 6.04 Å². The molecule has 4 nitrogen and oxygen atoms in total. The average molecular weight is 279 g/mol. The summed E-state index contributed by atoms with van der Waals surface area (Å²) in [7, 11) is 1.64. The van der Waals surface area contributed by atoms with Crippen molar-refractivity contribution in [3.63, 3.8) is 0 Å². The van der Waals surface area contributed by atoms with E-state index in [1.807, 2.05) is 25.1 Å². The fraction of sp³-hybridized carbons (Fsp3) is 0.562. The summed E-state index contributed by atoms with van der Waals surface area (Å²) in [5.41, 5.74) is 2.29. The van der Waals surface area contributed by atoms with Crippen LogP contribution in [-0.4, -0.2) is 30.8 Å². The number of carboxylic acid groups (broad SMARTS) is 1. The first-order chi connectivity index (χ1) is 9.42. The molecule has 0 fully saturated rings. The van der Waals surface area contributed by atoms with Crippen molar-refractivity contribution in [3.8, 4) is 5.75 Å². The summed E-state index contributed by atoms with van der Waals surface area (Å²) in [4.78, 5) is 11.0. The molecule has 0 saturated carbocycles. The first-order valence-corrected chi connectivity index (χ1v) is 7.01. The summed E-state index contributed by atoms with van der Waals surface area (Å²) < 4.78 is 5.19. The highest BCUT2D eigenvalue weighted by Crippen LogP contribution is 2.18. The Morgan fingerprint density at radius 3 is 2.60 bits per heavy atom. The summed E-state index contributed by atoms with van der Waals surface area (Å²) in [6, 6.07) is 5.88. The molecule has 0 amide bonds. The molecular weight excluding hydrogens is 254 g/mol. The van der Waals surface area contributed by atoms with Gasteiger partial charge in [0.1, 0.15) is 5.75 Å². The fourth-order valence-corrected chi connectivity index (χ4v) is 2.12. The average Bonchev–Trinajstić information content (AvgIpc) is 2.37. The number of rotatable bonds is 8. The normalized spacial score (nSPS) is 12.4. The molecule has 1 rings (SSSR count). The van der Waals surface area contributed by atoms with E-state index in [0.29, 0.717) is 5.92 Å². The van der Waals surface area contributed by atoms with Crippen LogP contribution in [-0.2, 0) is 11.2 Å². The van der Waals surface area contributed by atoms with E-state index in [2.05, 4.69) is 19.2 Å². The van der Waals surface area contributed by atoms with Gasteiger partial charge in [0.25, 0.3) is 0 Å². The van der Waals surface area contributed by atoms with E-state index < -0.39 is 5.97 Å². The van der Waals surface area contributed by atoms with Gasteiger partial charge in [0.05, 0.1) is 13.5 Å². The Hall–Kier alpha value is -1.55. The van der Waals surface area contributed by atoms with E-state index in [0.717, 1.165) is 29.8 Å². The zero-order valence-corrected chi connectivity index (χ0v) is 12.8. The Morgan fingerprint density at radius 2 is 2.10 bits per heavy atom. The molecule has 20 heavy (non-hydrogen) atoms. The van der Waals surface area contributed by atoms with Crippen molar-refractivity contribution in [2.24, 2.45) is 5.92 Å². The van der Waals surface area contributed by atoms with Gasteiger partial charge in [-0.25, -0.2) is 0 Å². The lowest BCUT2D eigenvalue weighted by molar-refractivity contribution is -0.137. The number of hydrogen-bond acceptors (Lipinski definition) is 3. The maximum absolute atomic E-state index is 11.0. The number of nitrogens with one attached hydrogen (secondary N) is 1. The van der Waals surface area contributed by atoms with E-state index in [4.69, 9.17) is 9.84 Å². The molecule has 0 saturated heterocycles. The van der Waals surface area contributed by atoms with E-state index in [9.17, 15) is 4.79 Å². The predicted molar refractivity (Wildman–Crippen MR) is 80.3 cm³/mol. The van der Waals surface area contributed by atoms with Crippen LogP contribution in [0.25, 0.3) is 0 Å². The van der Waals surface area contributed by atoms with Gasteiger partial charge >= 0.3 is 5.97 Å². The molecule has 1 unspecified atom stereocenters. The van der Waals surface area contributed by atoms with Crippen LogP contribution in [0.2, 0.25) is 0 Å². The summed E-state index contributed by atoms with van der Waals surface area (Å²) in [6.07, 6.45) is 0.854. The molecule has 0 aliphatic carbocycles. The molecular formula is C16H25NO3. The number of ether oxygens (including phenoxy) is 1. The number of benzene rings is 1. The zero-order valence-electron chi connectivity index (χ0n) is 12.8. The van der Waals surface area contributed by atoms with E-state index in [1.54, 1.807) is 7.11 Å². The van der Waals surface area contributed by atoms with Crippen molar-refractivity contribution < 1.29 is 14.6 Å². The minimum absolute atomic E-state index is 0.0398. The number of hydrogen-bond donors (Lipinski definition) is 2. The van der Waals surface area contributed by atoms with Gasteiger partial charge in [-0.2, -0.15) is 0 Å². The Balaban J connectivity index is 2.74. The number of aryl methyl sites for hydroxylation is 1. The van der Waals surface area contributed by atoms with Crippen LogP contribution >= 0.6 is 0 Å². The van der Waals surface area contributed by atoms with Crippen LogP contribution in [0.3, 0.4) is 0 Å². The van der Waals surface area contributed by atoms with Crippen LogP contribution in [0, 0.1) is 12.8 Å². The third-order valence-electron chi connectivity index (χ3n) is 3.25. The van der Waals surface area contributed by atoms with Crippen LogP contribution in [0.4, 0.5) is 0 Å². The van der Waals surface area contributed by atoms with Gasteiger partial charge in [0.2, 0.25) is 0 Å². The first-order valence-electron chi connectivity index (χ1n) is 7.01. The SMILES string of the molecule is COc1ccc(CC(CC(=O)O)NCC(C)C)c(C)c1. The molecule has 0 aromatic heterocycles. The molecule has 0 heterocycles. The first kappa shape index (κ1) is 16.5. The predicted octanol–water partition coefficient (Wildman–Crippen LogP) is 2.64. The molecule has 0 spiro atoms. The highest BCUT2D eigenvalue weighted by atomic mass is 16.5. The second-order valence-electron chi connectivity index (χ2n) is 5.59. The summed E-state index contributed by atoms with van der Waals surface area (Å²) in [6.45, 7) is 7.08. The summed E-state index contributed by atoms with van der Waals surface area (Å²) >= 11 is 0. The van der Waals surface area contributed by atoms with E-state index >= 15 is 0 Å². The lowest BCUT2D eigenvalue weighted by Gasteiger charge is -2.19. The molecule has 2 N–H and O–H groups in total. The van der Waals surface area contributed by atoms with Crippen molar-refractivity contribution in [3.05, 3.63) is 29.3 Å². The smallest absolute Gasteiger partial charge is 0.304 e. The summed E-state index contributed by atoms with van der Waals surface area (Å²) in [5.74, 6) is 0.567. The lowest BCUT2D eigenvalue weighted by atomic mass is 9.98. The number of carbonyl (C=O) groups is 1. The maximum atomic E-state index is 11.0. The highest BCUT2D eigenvalue weighted by molar-refractivity contribution is 5.67. The molecule has 0 aliphatic rings. The molecule has 0 aliphatic heterocycles. The molecule has 112 valence electrons.